The molecule has 0 radical (unpaired) electrons. The van der Waals surface area contributed by atoms with E-state index in [0.717, 1.165) is 67.8 Å². The predicted octanol–water partition coefficient (Wildman–Crippen LogP) is 2.85. The normalized spacial score (nSPS) is 15.9. The highest BCUT2D eigenvalue weighted by Crippen LogP contribution is 2.15. The van der Waals surface area contributed by atoms with Crippen LogP contribution in [0.1, 0.15) is 43.6 Å². The number of ether oxygens (including phenoxy) is 1. The second-order valence-corrected chi connectivity index (χ2v) is 7.18. The fraction of sp³-hybridized carbons (Fsp3) is 0.571. The van der Waals surface area contributed by atoms with E-state index in [0.29, 0.717) is 12.6 Å². The van der Waals surface area contributed by atoms with Gasteiger partial charge in [0.15, 0.2) is 11.8 Å². The van der Waals surface area contributed by atoms with Gasteiger partial charge < -0.3 is 15.0 Å². The highest BCUT2D eigenvalue weighted by molar-refractivity contribution is 5.80. The van der Waals surface area contributed by atoms with Crippen LogP contribution < -0.4 is 5.32 Å². The van der Waals surface area contributed by atoms with Crippen molar-refractivity contribution in [3.05, 3.63) is 41.3 Å². The molecule has 7 nitrogen and oxygen atoms in total. The molecule has 3 rings (SSSR count). The van der Waals surface area contributed by atoms with E-state index >= 15 is 0 Å². The fourth-order valence-corrected chi connectivity index (χ4v) is 3.56. The van der Waals surface area contributed by atoms with E-state index in [1.807, 2.05) is 30.8 Å². The topological polar surface area (TPSA) is 67.6 Å². The summed E-state index contributed by atoms with van der Waals surface area (Å²) in [6.07, 6.45) is 4.38. The van der Waals surface area contributed by atoms with Crippen molar-refractivity contribution in [3.8, 4) is 5.82 Å². The highest BCUT2D eigenvalue weighted by Gasteiger charge is 2.21. The Hall–Kier alpha value is -2.41. The Kier molecular flexibility index (Phi) is 7.03. The predicted molar refractivity (Wildman–Crippen MR) is 112 cm³/mol. The minimum atomic E-state index is 0.385. The SMILES string of the molecule is CCNC(=NCc1ccc(-n2nc(C)cc2C)nc1)N1CCC(OCC)CC1. The molecule has 0 atom stereocenters. The molecule has 2 aromatic rings. The van der Waals surface area contributed by atoms with E-state index < -0.39 is 0 Å². The molecule has 0 spiro atoms. The number of guanidine groups is 1. The van der Waals surface area contributed by atoms with Crippen LogP contribution in [0.15, 0.2) is 29.4 Å². The summed E-state index contributed by atoms with van der Waals surface area (Å²) < 4.78 is 7.63. The molecule has 1 aliphatic heterocycles. The number of likely N-dealkylation sites (tertiary alicyclic amines) is 1. The first-order valence-electron chi connectivity index (χ1n) is 10.2. The Balaban J connectivity index is 1.64. The number of hydrogen-bond acceptors (Lipinski definition) is 4. The summed E-state index contributed by atoms with van der Waals surface area (Å²) in [4.78, 5) is 11.7. The summed E-state index contributed by atoms with van der Waals surface area (Å²) in [5.41, 5.74) is 3.17. The van der Waals surface area contributed by atoms with Gasteiger partial charge in [-0.2, -0.15) is 5.10 Å². The zero-order valence-electron chi connectivity index (χ0n) is 17.5. The molecular weight excluding hydrogens is 352 g/mol. The maximum absolute atomic E-state index is 5.76. The molecule has 2 aromatic heterocycles. The molecule has 28 heavy (non-hydrogen) atoms. The van der Waals surface area contributed by atoms with E-state index in [2.05, 4.69) is 46.3 Å². The van der Waals surface area contributed by atoms with Crippen LogP contribution in [0.2, 0.25) is 0 Å². The lowest BCUT2D eigenvalue weighted by molar-refractivity contribution is 0.0263. The third-order valence-corrected chi connectivity index (χ3v) is 4.93. The molecular formula is C21H32N6O. The van der Waals surface area contributed by atoms with E-state index in [4.69, 9.17) is 9.73 Å². The van der Waals surface area contributed by atoms with Gasteiger partial charge in [-0.15, -0.1) is 0 Å². The first-order valence-corrected chi connectivity index (χ1v) is 10.2. The summed E-state index contributed by atoms with van der Waals surface area (Å²) in [5, 5.41) is 7.91. The van der Waals surface area contributed by atoms with Crippen molar-refractivity contribution < 1.29 is 4.74 Å². The quantitative estimate of drug-likeness (QED) is 0.613. The molecule has 1 fully saturated rings. The number of aliphatic imine (C=N–C) groups is 1. The van der Waals surface area contributed by atoms with Crippen LogP contribution in [0.3, 0.4) is 0 Å². The molecule has 0 saturated carbocycles. The molecule has 1 saturated heterocycles. The van der Waals surface area contributed by atoms with Gasteiger partial charge in [0.25, 0.3) is 0 Å². The van der Waals surface area contributed by atoms with Crippen LogP contribution >= 0.6 is 0 Å². The van der Waals surface area contributed by atoms with Crippen molar-refractivity contribution in [2.75, 3.05) is 26.2 Å². The largest absolute Gasteiger partial charge is 0.378 e. The zero-order chi connectivity index (χ0) is 19.9. The number of nitrogens with one attached hydrogen (secondary N) is 1. The minimum absolute atomic E-state index is 0.385. The lowest BCUT2D eigenvalue weighted by Gasteiger charge is -2.34. The first kappa shape index (κ1) is 20.3. The van der Waals surface area contributed by atoms with Gasteiger partial charge in [-0.05, 0) is 58.2 Å². The van der Waals surface area contributed by atoms with Crippen LogP contribution in [0, 0.1) is 13.8 Å². The van der Waals surface area contributed by atoms with Crippen molar-refractivity contribution in [2.45, 2.75) is 53.2 Å². The molecule has 3 heterocycles. The lowest BCUT2D eigenvalue weighted by atomic mass is 10.1. The number of aromatic nitrogens is 3. The van der Waals surface area contributed by atoms with Crippen LogP contribution in [-0.4, -0.2) is 58.0 Å². The standard InChI is InChI=1S/C21H32N6O/c1-5-22-21(26-11-9-19(10-12-26)28-6-2)24-15-18-7-8-20(23-14-18)27-17(4)13-16(3)25-27/h7-8,13-14,19H,5-6,9-12,15H2,1-4H3,(H,22,24). The van der Waals surface area contributed by atoms with Crippen molar-refractivity contribution in [1.82, 2.24) is 25.0 Å². The Morgan fingerprint density at radius 2 is 2.04 bits per heavy atom. The summed E-state index contributed by atoms with van der Waals surface area (Å²) in [6, 6.07) is 6.13. The number of aryl methyl sites for hydroxylation is 2. The molecule has 1 N–H and O–H groups in total. The second-order valence-electron chi connectivity index (χ2n) is 7.18. The van der Waals surface area contributed by atoms with Crippen LogP contribution in [0.5, 0.6) is 0 Å². The van der Waals surface area contributed by atoms with Crippen molar-refractivity contribution in [1.29, 1.82) is 0 Å². The maximum Gasteiger partial charge on any atom is 0.194 e. The van der Waals surface area contributed by atoms with Gasteiger partial charge in [0.1, 0.15) is 0 Å². The van der Waals surface area contributed by atoms with Crippen molar-refractivity contribution >= 4 is 5.96 Å². The second kappa shape index (κ2) is 9.68. The third kappa shape index (κ3) is 5.10. The third-order valence-electron chi connectivity index (χ3n) is 4.93. The van der Waals surface area contributed by atoms with Crippen LogP contribution in [0.4, 0.5) is 0 Å². The summed E-state index contributed by atoms with van der Waals surface area (Å²) in [5.74, 6) is 1.81. The van der Waals surface area contributed by atoms with E-state index in [1.165, 1.54) is 0 Å². The molecule has 0 bridgehead atoms. The molecule has 0 unspecified atom stereocenters. The van der Waals surface area contributed by atoms with Gasteiger partial charge in [0, 0.05) is 38.1 Å². The fourth-order valence-electron chi connectivity index (χ4n) is 3.56. The number of pyridine rings is 1. The van der Waals surface area contributed by atoms with Gasteiger partial charge >= 0.3 is 0 Å². The van der Waals surface area contributed by atoms with E-state index in [1.54, 1.807) is 0 Å². The van der Waals surface area contributed by atoms with E-state index in [-0.39, 0.29) is 0 Å². The van der Waals surface area contributed by atoms with Gasteiger partial charge in [0.05, 0.1) is 18.3 Å². The molecule has 152 valence electrons. The summed E-state index contributed by atoms with van der Waals surface area (Å²) in [6.45, 7) is 12.4. The van der Waals surface area contributed by atoms with Gasteiger partial charge in [-0.1, -0.05) is 6.07 Å². The van der Waals surface area contributed by atoms with Gasteiger partial charge in [-0.3, -0.25) is 0 Å². The van der Waals surface area contributed by atoms with Gasteiger partial charge in [0.2, 0.25) is 0 Å². The Morgan fingerprint density at radius 3 is 2.61 bits per heavy atom. The Morgan fingerprint density at radius 1 is 1.25 bits per heavy atom. The monoisotopic (exact) mass is 384 g/mol. The Bertz CT molecular complexity index is 775. The highest BCUT2D eigenvalue weighted by atomic mass is 16.5. The molecule has 0 amide bonds. The first-order chi connectivity index (χ1) is 13.6. The van der Waals surface area contributed by atoms with Crippen LogP contribution in [-0.2, 0) is 11.3 Å². The number of nitrogens with zero attached hydrogens (tertiary/aromatic N) is 5. The van der Waals surface area contributed by atoms with Crippen molar-refractivity contribution in [3.63, 3.8) is 0 Å². The average Bonchev–Trinajstić information content (AvgIpc) is 3.04. The smallest absolute Gasteiger partial charge is 0.194 e. The molecule has 7 heteroatoms. The maximum atomic E-state index is 5.76. The summed E-state index contributed by atoms with van der Waals surface area (Å²) in [7, 11) is 0. The zero-order valence-corrected chi connectivity index (χ0v) is 17.5. The summed E-state index contributed by atoms with van der Waals surface area (Å²) >= 11 is 0. The van der Waals surface area contributed by atoms with E-state index in [9.17, 15) is 0 Å². The van der Waals surface area contributed by atoms with Crippen LogP contribution in [0.25, 0.3) is 5.82 Å². The van der Waals surface area contributed by atoms with Gasteiger partial charge in [-0.25, -0.2) is 14.7 Å². The van der Waals surface area contributed by atoms with Crippen molar-refractivity contribution in [2.24, 2.45) is 4.99 Å². The molecule has 0 aliphatic carbocycles. The lowest BCUT2D eigenvalue weighted by Crippen LogP contribution is -2.47. The minimum Gasteiger partial charge on any atom is -0.378 e. The number of piperidine rings is 1. The molecule has 0 aromatic carbocycles. The number of rotatable bonds is 6. The average molecular weight is 385 g/mol. The Labute approximate surface area is 167 Å². The number of hydrogen-bond donors (Lipinski definition) is 1. The molecule has 1 aliphatic rings.